The van der Waals surface area contributed by atoms with Crippen molar-refractivity contribution in [1.82, 2.24) is 5.32 Å². The van der Waals surface area contributed by atoms with Crippen LogP contribution >= 0.6 is 0 Å². The topological polar surface area (TPSA) is 107 Å². The summed E-state index contributed by atoms with van der Waals surface area (Å²) in [5, 5.41) is 26.7. The highest BCUT2D eigenvalue weighted by molar-refractivity contribution is 5.79. The summed E-state index contributed by atoms with van der Waals surface area (Å²) in [6.45, 7) is 1.48. The number of carboxylic acids is 2. The third-order valence-electron chi connectivity index (χ3n) is 3.20. The molecular weight excluding hydrogens is 388 g/mol. The molecule has 12 heteroatoms. The maximum absolute atomic E-state index is 12.5. The number of aliphatic carboxylic acids is 2. The van der Waals surface area contributed by atoms with Gasteiger partial charge in [-0.2, -0.15) is 26.3 Å². The Balaban J connectivity index is 0.000000636. The molecule has 0 radical (unpaired) electrons. The largest absolute Gasteiger partial charge is 0.481 e. The number of aliphatic hydroxyl groups excluding tert-OH is 1. The van der Waals surface area contributed by atoms with E-state index in [0.29, 0.717) is 0 Å². The van der Waals surface area contributed by atoms with Gasteiger partial charge in [0.25, 0.3) is 0 Å². The molecular formula is C15H17F6NO5. The van der Waals surface area contributed by atoms with Gasteiger partial charge in [-0.1, -0.05) is 0 Å². The van der Waals surface area contributed by atoms with Crippen molar-refractivity contribution >= 4 is 11.9 Å². The maximum atomic E-state index is 12.5. The Bertz CT molecular complexity index is 627. The second-order valence-electron chi connectivity index (χ2n) is 5.30. The minimum atomic E-state index is -4.80. The third kappa shape index (κ3) is 8.73. The molecule has 0 heterocycles. The monoisotopic (exact) mass is 405 g/mol. The number of carboxylic acid groups (broad SMARTS) is 2. The average molecular weight is 405 g/mol. The number of alkyl halides is 6. The van der Waals surface area contributed by atoms with Gasteiger partial charge in [0, 0.05) is 6.04 Å². The Morgan fingerprint density at radius 1 is 1.00 bits per heavy atom. The van der Waals surface area contributed by atoms with Crippen LogP contribution in [0.25, 0.3) is 0 Å². The third-order valence-corrected chi connectivity index (χ3v) is 3.20. The lowest BCUT2D eigenvalue weighted by Crippen LogP contribution is -2.22. The zero-order valence-electron chi connectivity index (χ0n) is 14.0. The lowest BCUT2D eigenvalue weighted by molar-refractivity contribution is -0.152. The fourth-order valence-electron chi connectivity index (χ4n) is 1.65. The van der Waals surface area contributed by atoms with Crippen LogP contribution in [0, 0.1) is 0 Å². The average Bonchev–Trinajstić information content (AvgIpc) is 2.51. The van der Waals surface area contributed by atoms with Crippen LogP contribution in [-0.4, -0.2) is 40.4 Å². The van der Waals surface area contributed by atoms with Gasteiger partial charge in [-0.3, -0.25) is 4.79 Å². The first-order chi connectivity index (χ1) is 12.1. The number of aliphatic hydroxyl groups is 1. The van der Waals surface area contributed by atoms with E-state index in [1.54, 1.807) is 0 Å². The molecule has 0 aliphatic carbocycles. The molecule has 0 amide bonds. The molecule has 4 N–H and O–H groups in total. The first kappa shape index (κ1) is 24.7. The molecule has 0 bridgehead atoms. The van der Waals surface area contributed by atoms with Gasteiger partial charge in [-0.25, -0.2) is 4.79 Å². The fraction of sp³-hybridized carbons (Fsp3) is 0.467. The molecule has 2 atom stereocenters. The van der Waals surface area contributed by atoms with E-state index in [-0.39, 0.29) is 11.6 Å². The first-order valence-corrected chi connectivity index (χ1v) is 7.18. The van der Waals surface area contributed by atoms with Crippen molar-refractivity contribution in [2.45, 2.75) is 37.8 Å². The molecule has 1 aromatic rings. The number of benzene rings is 1. The molecule has 0 saturated heterocycles. The van der Waals surface area contributed by atoms with Crippen molar-refractivity contribution in [3.05, 3.63) is 34.9 Å². The van der Waals surface area contributed by atoms with Crippen molar-refractivity contribution in [2.75, 3.05) is 7.05 Å². The number of halogens is 6. The Labute approximate surface area is 149 Å². The van der Waals surface area contributed by atoms with Gasteiger partial charge < -0.3 is 20.6 Å². The highest BCUT2D eigenvalue weighted by Gasteiger charge is 2.37. The van der Waals surface area contributed by atoms with Gasteiger partial charge in [0.1, 0.15) is 0 Å². The summed E-state index contributed by atoms with van der Waals surface area (Å²) in [4.78, 5) is 19.4. The Kier molecular flexibility index (Phi) is 8.73. The van der Waals surface area contributed by atoms with Crippen LogP contribution in [0.15, 0.2) is 18.2 Å². The first-order valence-electron chi connectivity index (χ1n) is 7.18. The van der Waals surface area contributed by atoms with Crippen LogP contribution in [-0.2, 0) is 21.9 Å². The van der Waals surface area contributed by atoms with Gasteiger partial charge >= 0.3 is 24.3 Å². The van der Waals surface area contributed by atoms with Crippen LogP contribution in [0.2, 0.25) is 0 Å². The SMILES string of the molecule is CNC(C)c1cc(C(F)(F)F)cc(C(F)(F)F)c1.O=C(O)C[C@@H](O)C(=O)O. The molecule has 0 spiro atoms. The van der Waals surface area contributed by atoms with Crippen molar-refractivity contribution < 1.29 is 51.3 Å². The van der Waals surface area contributed by atoms with Crippen molar-refractivity contribution in [3.8, 4) is 0 Å². The van der Waals surface area contributed by atoms with Crippen LogP contribution in [0.3, 0.4) is 0 Å². The summed E-state index contributed by atoms with van der Waals surface area (Å²) in [7, 11) is 1.46. The minimum Gasteiger partial charge on any atom is -0.481 e. The number of nitrogens with one attached hydrogen (secondary N) is 1. The number of rotatable bonds is 5. The molecule has 1 unspecified atom stereocenters. The standard InChI is InChI=1S/C11H11F6N.C4H6O5/c1-6(18-2)7-3-8(10(12,13)14)5-9(4-7)11(15,16)17;5-2(4(8)9)1-3(6)7/h3-6,18H,1-2H3;2,5H,1H2,(H,6,7)(H,8,9)/t;2-/m.1/s1. The number of hydrogen-bond donors (Lipinski definition) is 4. The summed E-state index contributed by atoms with van der Waals surface area (Å²) >= 11 is 0. The lowest BCUT2D eigenvalue weighted by atomic mass is 10.0. The molecule has 0 fully saturated rings. The van der Waals surface area contributed by atoms with Gasteiger partial charge in [-0.05, 0) is 37.7 Å². The van der Waals surface area contributed by atoms with E-state index in [1.807, 2.05) is 0 Å². The Morgan fingerprint density at radius 3 is 1.63 bits per heavy atom. The maximum Gasteiger partial charge on any atom is 0.416 e. The number of carbonyl (C=O) groups is 2. The van der Waals surface area contributed by atoms with Crippen LogP contribution < -0.4 is 5.32 Å². The summed E-state index contributed by atoms with van der Waals surface area (Å²) < 4.78 is 75.1. The Hall–Kier alpha value is -2.34. The molecule has 27 heavy (non-hydrogen) atoms. The predicted molar refractivity (Wildman–Crippen MR) is 79.8 cm³/mol. The smallest absolute Gasteiger partial charge is 0.416 e. The van der Waals surface area contributed by atoms with Crippen molar-refractivity contribution in [1.29, 1.82) is 0 Å². The van der Waals surface area contributed by atoms with Crippen LogP contribution in [0.1, 0.15) is 36.1 Å². The van der Waals surface area contributed by atoms with Gasteiger partial charge in [0.15, 0.2) is 6.10 Å². The van der Waals surface area contributed by atoms with E-state index in [9.17, 15) is 35.9 Å². The Morgan fingerprint density at radius 2 is 1.41 bits per heavy atom. The van der Waals surface area contributed by atoms with Gasteiger partial charge in [0.05, 0.1) is 17.5 Å². The summed E-state index contributed by atoms with van der Waals surface area (Å²) in [6.07, 6.45) is -12.1. The predicted octanol–water partition coefficient (Wildman–Crippen LogP) is 2.91. The fourth-order valence-corrected chi connectivity index (χ4v) is 1.65. The zero-order chi connectivity index (χ0) is 21.6. The molecule has 1 rings (SSSR count). The molecule has 0 saturated carbocycles. The minimum absolute atomic E-state index is 0.0559. The highest BCUT2D eigenvalue weighted by Crippen LogP contribution is 2.37. The van der Waals surface area contributed by atoms with E-state index >= 15 is 0 Å². The molecule has 0 aliphatic rings. The molecule has 0 aromatic heterocycles. The second kappa shape index (κ2) is 9.55. The van der Waals surface area contributed by atoms with E-state index in [0.717, 1.165) is 12.1 Å². The molecule has 154 valence electrons. The number of hydrogen-bond acceptors (Lipinski definition) is 4. The van der Waals surface area contributed by atoms with E-state index in [1.165, 1.54) is 14.0 Å². The van der Waals surface area contributed by atoms with E-state index in [4.69, 9.17) is 15.3 Å². The van der Waals surface area contributed by atoms with E-state index < -0.39 is 54.0 Å². The molecule has 0 aliphatic heterocycles. The highest BCUT2D eigenvalue weighted by atomic mass is 19.4. The molecule has 6 nitrogen and oxygen atoms in total. The van der Waals surface area contributed by atoms with Crippen LogP contribution in [0.5, 0.6) is 0 Å². The quantitative estimate of drug-likeness (QED) is 0.562. The molecule has 1 aromatic carbocycles. The normalized spacial score (nSPS) is 14.0. The van der Waals surface area contributed by atoms with E-state index in [2.05, 4.69) is 5.32 Å². The second-order valence-corrected chi connectivity index (χ2v) is 5.30. The zero-order valence-corrected chi connectivity index (χ0v) is 14.0. The van der Waals surface area contributed by atoms with Crippen molar-refractivity contribution in [2.24, 2.45) is 0 Å². The van der Waals surface area contributed by atoms with Crippen LogP contribution in [0.4, 0.5) is 26.3 Å². The lowest BCUT2D eigenvalue weighted by Gasteiger charge is -2.17. The van der Waals surface area contributed by atoms with Crippen molar-refractivity contribution in [3.63, 3.8) is 0 Å². The summed E-state index contributed by atoms with van der Waals surface area (Å²) in [5.41, 5.74) is -2.65. The summed E-state index contributed by atoms with van der Waals surface area (Å²) in [5.74, 6) is -2.85. The summed E-state index contributed by atoms with van der Waals surface area (Å²) in [6, 6.07) is 0.951. The van der Waals surface area contributed by atoms with Gasteiger partial charge in [0.2, 0.25) is 0 Å². The van der Waals surface area contributed by atoms with Gasteiger partial charge in [-0.15, -0.1) is 0 Å².